The largest absolute Gasteiger partial charge is 0.491 e. The summed E-state index contributed by atoms with van der Waals surface area (Å²) in [6.45, 7) is 2.66. The summed E-state index contributed by atoms with van der Waals surface area (Å²) in [7, 11) is 0. The molecule has 0 aromatic heterocycles. The molecule has 0 amide bonds. The Labute approximate surface area is 87.2 Å². The number of non-ortho nitro benzene ring substituents is 1. The van der Waals surface area contributed by atoms with Gasteiger partial charge in [0, 0.05) is 24.6 Å². The standard InChI is InChI=1S/C10H12N2O3/c1-7-4-5-15-10-3-2-8(12(13)14)6-9(10)11-7/h2-3,6-7,11H,4-5H2,1H3. The van der Waals surface area contributed by atoms with Crippen molar-refractivity contribution in [3.8, 4) is 5.75 Å². The number of fused-ring (bicyclic) bond motifs is 1. The first-order valence-corrected chi connectivity index (χ1v) is 4.84. The number of ether oxygens (including phenoxy) is 1. The van der Waals surface area contributed by atoms with E-state index >= 15 is 0 Å². The summed E-state index contributed by atoms with van der Waals surface area (Å²) in [6.07, 6.45) is 0.891. The van der Waals surface area contributed by atoms with Crippen LogP contribution in [-0.2, 0) is 0 Å². The molecule has 0 aliphatic carbocycles. The quantitative estimate of drug-likeness (QED) is 0.567. The number of nitro benzene ring substituents is 1. The predicted octanol–water partition coefficient (Wildman–Crippen LogP) is 2.18. The van der Waals surface area contributed by atoms with Gasteiger partial charge in [-0.15, -0.1) is 0 Å². The van der Waals surface area contributed by atoms with Gasteiger partial charge in [0.15, 0.2) is 0 Å². The zero-order valence-corrected chi connectivity index (χ0v) is 8.40. The molecule has 0 saturated heterocycles. The van der Waals surface area contributed by atoms with Crippen molar-refractivity contribution in [3.05, 3.63) is 28.3 Å². The highest BCUT2D eigenvalue weighted by molar-refractivity contribution is 5.62. The van der Waals surface area contributed by atoms with Crippen LogP contribution in [0.1, 0.15) is 13.3 Å². The lowest BCUT2D eigenvalue weighted by atomic mass is 10.2. The first-order chi connectivity index (χ1) is 7.16. The van der Waals surface area contributed by atoms with Crippen molar-refractivity contribution in [2.45, 2.75) is 19.4 Å². The van der Waals surface area contributed by atoms with Crippen LogP contribution in [0.2, 0.25) is 0 Å². The number of hydrogen-bond donors (Lipinski definition) is 1. The predicted molar refractivity (Wildman–Crippen MR) is 56.3 cm³/mol. The molecule has 0 fully saturated rings. The number of nitrogens with zero attached hydrogens (tertiary/aromatic N) is 1. The molecule has 0 bridgehead atoms. The summed E-state index contributed by atoms with van der Waals surface area (Å²) < 4.78 is 5.47. The minimum absolute atomic E-state index is 0.0824. The molecular weight excluding hydrogens is 196 g/mol. The third kappa shape index (κ3) is 2.01. The number of nitro groups is 1. The lowest BCUT2D eigenvalue weighted by molar-refractivity contribution is -0.384. The average Bonchev–Trinajstić information content (AvgIpc) is 2.37. The maximum atomic E-state index is 10.6. The fraction of sp³-hybridized carbons (Fsp3) is 0.400. The Morgan fingerprint density at radius 1 is 1.60 bits per heavy atom. The molecule has 1 aromatic rings. The highest BCUT2D eigenvalue weighted by atomic mass is 16.6. The molecule has 1 heterocycles. The third-order valence-electron chi connectivity index (χ3n) is 2.38. The summed E-state index contributed by atoms with van der Waals surface area (Å²) in [4.78, 5) is 10.2. The van der Waals surface area contributed by atoms with Crippen LogP contribution in [-0.4, -0.2) is 17.6 Å². The van der Waals surface area contributed by atoms with E-state index in [9.17, 15) is 10.1 Å². The van der Waals surface area contributed by atoms with Crippen LogP contribution < -0.4 is 10.1 Å². The van der Waals surface area contributed by atoms with Crippen molar-refractivity contribution in [3.63, 3.8) is 0 Å². The summed E-state index contributed by atoms with van der Waals surface area (Å²) in [5.41, 5.74) is 0.785. The van der Waals surface area contributed by atoms with Crippen LogP contribution in [0.5, 0.6) is 5.75 Å². The van der Waals surface area contributed by atoms with Gasteiger partial charge in [-0.1, -0.05) is 0 Å². The van der Waals surface area contributed by atoms with Gasteiger partial charge in [-0.25, -0.2) is 0 Å². The van der Waals surface area contributed by atoms with E-state index in [4.69, 9.17) is 4.74 Å². The van der Waals surface area contributed by atoms with Gasteiger partial charge in [0.05, 0.1) is 17.2 Å². The molecule has 5 heteroatoms. The van der Waals surface area contributed by atoms with E-state index in [1.165, 1.54) is 12.1 Å². The second-order valence-electron chi connectivity index (χ2n) is 3.62. The maximum Gasteiger partial charge on any atom is 0.271 e. The first kappa shape index (κ1) is 9.76. The number of anilines is 1. The zero-order chi connectivity index (χ0) is 10.8. The fourth-order valence-corrected chi connectivity index (χ4v) is 1.55. The van der Waals surface area contributed by atoms with E-state index < -0.39 is 4.92 Å². The van der Waals surface area contributed by atoms with Crippen molar-refractivity contribution >= 4 is 11.4 Å². The summed E-state index contributed by atoms with van der Waals surface area (Å²) in [5, 5.41) is 13.8. The van der Waals surface area contributed by atoms with Crippen LogP contribution in [0.25, 0.3) is 0 Å². The number of benzene rings is 1. The Kier molecular flexibility index (Phi) is 2.45. The van der Waals surface area contributed by atoms with Gasteiger partial charge in [0.25, 0.3) is 5.69 Å². The topological polar surface area (TPSA) is 64.4 Å². The Balaban J connectivity index is 2.37. The molecule has 1 aliphatic heterocycles. The smallest absolute Gasteiger partial charge is 0.271 e. The molecule has 1 unspecified atom stereocenters. The monoisotopic (exact) mass is 208 g/mol. The van der Waals surface area contributed by atoms with Gasteiger partial charge in [0.1, 0.15) is 5.75 Å². The van der Waals surface area contributed by atoms with E-state index in [-0.39, 0.29) is 11.7 Å². The van der Waals surface area contributed by atoms with Gasteiger partial charge in [0.2, 0.25) is 0 Å². The van der Waals surface area contributed by atoms with Crippen molar-refractivity contribution in [2.75, 3.05) is 11.9 Å². The van der Waals surface area contributed by atoms with E-state index in [0.717, 1.165) is 6.42 Å². The van der Waals surface area contributed by atoms with Gasteiger partial charge < -0.3 is 10.1 Å². The second-order valence-corrected chi connectivity index (χ2v) is 3.62. The van der Waals surface area contributed by atoms with Crippen molar-refractivity contribution in [1.82, 2.24) is 0 Å². The van der Waals surface area contributed by atoms with Crippen LogP contribution in [0, 0.1) is 10.1 Å². The van der Waals surface area contributed by atoms with Gasteiger partial charge in [-0.05, 0) is 13.0 Å². The fourth-order valence-electron chi connectivity index (χ4n) is 1.55. The molecule has 0 radical (unpaired) electrons. The number of rotatable bonds is 1. The third-order valence-corrected chi connectivity index (χ3v) is 2.38. The lowest BCUT2D eigenvalue weighted by Crippen LogP contribution is -2.14. The molecule has 2 rings (SSSR count). The average molecular weight is 208 g/mol. The Morgan fingerprint density at radius 2 is 2.40 bits per heavy atom. The molecule has 1 N–H and O–H groups in total. The summed E-state index contributed by atoms with van der Waals surface area (Å²) in [6, 6.07) is 4.87. The molecule has 80 valence electrons. The van der Waals surface area contributed by atoms with Crippen LogP contribution >= 0.6 is 0 Å². The molecule has 1 aliphatic rings. The molecule has 1 aromatic carbocycles. The number of hydrogen-bond acceptors (Lipinski definition) is 4. The van der Waals surface area contributed by atoms with Crippen molar-refractivity contribution < 1.29 is 9.66 Å². The van der Waals surface area contributed by atoms with Gasteiger partial charge in [-0.3, -0.25) is 10.1 Å². The number of nitrogens with one attached hydrogen (secondary N) is 1. The van der Waals surface area contributed by atoms with Crippen LogP contribution in [0.15, 0.2) is 18.2 Å². The van der Waals surface area contributed by atoms with E-state index in [1.54, 1.807) is 6.07 Å². The highest BCUT2D eigenvalue weighted by Crippen LogP contribution is 2.31. The molecule has 0 spiro atoms. The Bertz CT molecular complexity index is 392. The Morgan fingerprint density at radius 3 is 3.13 bits per heavy atom. The van der Waals surface area contributed by atoms with Crippen molar-refractivity contribution in [1.29, 1.82) is 0 Å². The second kappa shape index (κ2) is 3.76. The van der Waals surface area contributed by atoms with Crippen LogP contribution in [0.4, 0.5) is 11.4 Å². The summed E-state index contributed by atoms with van der Waals surface area (Å²) >= 11 is 0. The highest BCUT2D eigenvalue weighted by Gasteiger charge is 2.16. The molecule has 15 heavy (non-hydrogen) atoms. The van der Waals surface area contributed by atoms with Gasteiger partial charge in [-0.2, -0.15) is 0 Å². The maximum absolute atomic E-state index is 10.6. The lowest BCUT2D eigenvalue weighted by Gasteiger charge is -2.10. The van der Waals surface area contributed by atoms with E-state index in [2.05, 4.69) is 5.32 Å². The van der Waals surface area contributed by atoms with Crippen LogP contribution in [0.3, 0.4) is 0 Å². The minimum atomic E-state index is -0.405. The molecule has 5 nitrogen and oxygen atoms in total. The van der Waals surface area contributed by atoms with Crippen molar-refractivity contribution in [2.24, 2.45) is 0 Å². The normalized spacial score (nSPS) is 19.4. The minimum Gasteiger partial charge on any atom is -0.491 e. The SMILES string of the molecule is CC1CCOc2ccc([N+](=O)[O-])cc2N1. The molecule has 1 atom stereocenters. The summed E-state index contributed by atoms with van der Waals surface area (Å²) in [5.74, 6) is 0.685. The van der Waals surface area contributed by atoms with E-state index in [0.29, 0.717) is 18.0 Å². The van der Waals surface area contributed by atoms with E-state index in [1.807, 2.05) is 6.92 Å². The zero-order valence-electron chi connectivity index (χ0n) is 8.40. The molecular formula is C10H12N2O3. The van der Waals surface area contributed by atoms with Gasteiger partial charge >= 0.3 is 0 Å². The first-order valence-electron chi connectivity index (χ1n) is 4.84. The Hall–Kier alpha value is -1.78. The molecule has 0 saturated carbocycles.